The van der Waals surface area contributed by atoms with Gasteiger partial charge in [-0.1, -0.05) is 32.9 Å². The minimum absolute atomic E-state index is 0.857. The molecule has 0 heterocycles. The van der Waals surface area contributed by atoms with Crippen molar-refractivity contribution in [3.8, 4) is 0 Å². The van der Waals surface area contributed by atoms with Crippen LogP contribution in [0.2, 0.25) is 0 Å². The van der Waals surface area contributed by atoms with Crippen LogP contribution in [-0.2, 0) is 0 Å². The van der Waals surface area contributed by atoms with Crippen molar-refractivity contribution in [2.24, 2.45) is 11.8 Å². The summed E-state index contributed by atoms with van der Waals surface area (Å²) in [5.74, 6) is 1.75. The van der Waals surface area contributed by atoms with Crippen LogP contribution in [0.5, 0.6) is 0 Å². The second-order valence-corrected chi connectivity index (χ2v) is 3.88. The smallest absolute Gasteiger partial charge is 0.0348 e. The first-order valence-corrected chi connectivity index (χ1v) is 4.78. The third kappa shape index (κ3) is 7.64. The molecule has 0 aromatic heterocycles. The summed E-state index contributed by atoms with van der Waals surface area (Å²) in [6.07, 6.45) is 8.38. The van der Waals surface area contributed by atoms with Crippen LogP contribution in [-0.4, -0.2) is 0 Å². The summed E-state index contributed by atoms with van der Waals surface area (Å²) >= 11 is 0. The minimum Gasteiger partial charge on any atom is -0.0917 e. The highest BCUT2D eigenvalue weighted by Gasteiger charge is 2.02. The lowest BCUT2D eigenvalue weighted by Crippen LogP contribution is -1.99. The van der Waals surface area contributed by atoms with Gasteiger partial charge in [0, 0.05) is 0 Å². The van der Waals surface area contributed by atoms with Crippen molar-refractivity contribution in [3.05, 3.63) is 12.2 Å². The maximum absolute atomic E-state index is 2.35. The summed E-state index contributed by atoms with van der Waals surface area (Å²) in [6.45, 7) is 9.04. The maximum atomic E-state index is 2.35. The first kappa shape index (κ1) is 10.7. The Bertz CT molecular complexity index is 101. The van der Waals surface area contributed by atoms with Crippen molar-refractivity contribution >= 4 is 0 Å². The molecule has 66 valence electrons. The Hall–Kier alpha value is -0.260. The van der Waals surface area contributed by atoms with E-state index in [-0.39, 0.29) is 0 Å². The molecule has 0 amide bonds. The molecule has 1 unspecified atom stereocenters. The van der Waals surface area contributed by atoms with Crippen LogP contribution in [0.4, 0.5) is 0 Å². The topological polar surface area (TPSA) is 0 Å². The second kappa shape index (κ2) is 6.45. The number of rotatable bonds is 5. The van der Waals surface area contributed by atoms with Gasteiger partial charge in [0.1, 0.15) is 0 Å². The summed E-state index contributed by atoms with van der Waals surface area (Å²) in [6, 6.07) is 0. The third-order valence-corrected chi connectivity index (χ3v) is 1.94. The summed E-state index contributed by atoms with van der Waals surface area (Å²) in [4.78, 5) is 0. The molecule has 0 aliphatic heterocycles. The van der Waals surface area contributed by atoms with E-state index < -0.39 is 0 Å². The fourth-order valence-electron chi connectivity index (χ4n) is 1.47. The molecule has 0 saturated carbocycles. The van der Waals surface area contributed by atoms with Crippen LogP contribution in [0, 0.1) is 11.8 Å². The van der Waals surface area contributed by atoms with Gasteiger partial charge in [-0.3, -0.25) is 0 Å². The van der Waals surface area contributed by atoms with Crippen LogP contribution in [0.25, 0.3) is 0 Å². The molecule has 0 nitrogen and oxygen atoms in total. The summed E-state index contributed by atoms with van der Waals surface area (Å²) < 4.78 is 0. The SMILES string of the molecule is CC=CCCC(C)CC(C)C. The van der Waals surface area contributed by atoms with Crippen molar-refractivity contribution in [2.45, 2.75) is 47.0 Å². The predicted molar refractivity (Wildman–Crippen MR) is 52.7 cm³/mol. The molecule has 1 atom stereocenters. The van der Waals surface area contributed by atoms with E-state index in [9.17, 15) is 0 Å². The van der Waals surface area contributed by atoms with Gasteiger partial charge >= 0.3 is 0 Å². The average Bonchev–Trinajstić information content (AvgIpc) is 1.86. The Balaban J connectivity index is 3.29. The molecule has 0 fully saturated rings. The van der Waals surface area contributed by atoms with Gasteiger partial charge in [0.15, 0.2) is 0 Å². The molecule has 0 saturated heterocycles. The van der Waals surface area contributed by atoms with Crippen LogP contribution in [0.15, 0.2) is 12.2 Å². The van der Waals surface area contributed by atoms with Crippen LogP contribution < -0.4 is 0 Å². The molecule has 0 rings (SSSR count). The highest BCUT2D eigenvalue weighted by atomic mass is 14.1. The number of allylic oxidation sites excluding steroid dienone is 2. The fraction of sp³-hybridized carbons (Fsp3) is 0.818. The summed E-state index contributed by atoms with van der Waals surface area (Å²) in [7, 11) is 0. The monoisotopic (exact) mass is 154 g/mol. The Morgan fingerprint density at radius 1 is 1.18 bits per heavy atom. The molecule has 0 aromatic rings. The van der Waals surface area contributed by atoms with E-state index in [1.165, 1.54) is 19.3 Å². The van der Waals surface area contributed by atoms with E-state index >= 15 is 0 Å². The predicted octanol–water partition coefficient (Wildman–Crippen LogP) is 4.02. The molecule has 0 aromatic carbocycles. The lowest BCUT2D eigenvalue weighted by Gasteiger charge is -2.11. The molecule has 0 N–H and O–H groups in total. The van der Waals surface area contributed by atoms with Crippen molar-refractivity contribution in [3.63, 3.8) is 0 Å². The minimum atomic E-state index is 0.857. The molecule has 0 bridgehead atoms. The maximum Gasteiger partial charge on any atom is -0.0348 e. The Kier molecular flexibility index (Phi) is 6.30. The molecular weight excluding hydrogens is 132 g/mol. The van der Waals surface area contributed by atoms with Gasteiger partial charge in [0.25, 0.3) is 0 Å². The highest BCUT2D eigenvalue weighted by Crippen LogP contribution is 2.16. The average molecular weight is 154 g/mol. The van der Waals surface area contributed by atoms with Gasteiger partial charge in [-0.05, 0) is 38.0 Å². The van der Waals surface area contributed by atoms with Crippen LogP contribution >= 0.6 is 0 Å². The van der Waals surface area contributed by atoms with Crippen molar-refractivity contribution in [2.75, 3.05) is 0 Å². The van der Waals surface area contributed by atoms with Gasteiger partial charge < -0.3 is 0 Å². The lowest BCUT2D eigenvalue weighted by molar-refractivity contribution is 0.418. The van der Waals surface area contributed by atoms with Crippen LogP contribution in [0.1, 0.15) is 47.0 Å². The van der Waals surface area contributed by atoms with Crippen molar-refractivity contribution in [1.29, 1.82) is 0 Å². The van der Waals surface area contributed by atoms with Crippen LogP contribution in [0.3, 0.4) is 0 Å². The molecule has 0 spiro atoms. The van der Waals surface area contributed by atoms with Gasteiger partial charge in [0.05, 0.1) is 0 Å². The number of hydrogen-bond acceptors (Lipinski definition) is 0. The zero-order valence-electron chi connectivity index (χ0n) is 8.43. The molecule has 0 radical (unpaired) electrons. The number of hydrogen-bond donors (Lipinski definition) is 0. The van der Waals surface area contributed by atoms with E-state index in [0.717, 1.165) is 11.8 Å². The fourth-order valence-corrected chi connectivity index (χ4v) is 1.47. The van der Waals surface area contributed by atoms with Crippen molar-refractivity contribution in [1.82, 2.24) is 0 Å². The van der Waals surface area contributed by atoms with Gasteiger partial charge in [-0.15, -0.1) is 0 Å². The van der Waals surface area contributed by atoms with Gasteiger partial charge in [-0.2, -0.15) is 0 Å². The highest BCUT2D eigenvalue weighted by molar-refractivity contribution is 4.77. The van der Waals surface area contributed by atoms with Gasteiger partial charge in [-0.25, -0.2) is 0 Å². The lowest BCUT2D eigenvalue weighted by atomic mass is 9.95. The largest absolute Gasteiger partial charge is 0.0917 e. The van der Waals surface area contributed by atoms with E-state index in [4.69, 9.17) is 0 Å². The zero-order chi connectivity index (χ0) is 8.69. The molecule has 0 heteroatoms. The van der Waals surface area contributed by atoms with Gasteiger partial charge in [0.2, 0.25) is 0 Å². The van der Waals surface area contributed by atoms with E-state index in [1.807, 2.05) is 0 Å². The Morgan fingerprint density at radius 2 is 1.82 bits per heavy atom. The van der Waals surface area contributed by atoms with Crippen molar-refractivity contribution < 1.29 is 0 Å². The normalized spacial score (nSPS) is 14.6. The Labute approximate surface area is 71.7 Å². The van der Waals surface area contributed by atoms with E-state index in [0.29, 0.717) is 0 Å². The molecule has 0 aliphatic carbocycles. The first-order chi connectivity index (χ1) is 5.16. The van der Waals surface area contributed by atoms with E-state index in [2.05, 4.69) is 39.8 Å². The quantitative estimate of drug-likeness (QED) is 0.524. The Morgan fingerprint density at radius 3 is 2.27 bits per heavy atom. The van der Waals surface area contributed by atoms with E-state index in [1.54, 1.807) is 0 Å². The third-order valence-electron chi connectivity index (χ3n) is 1.94. The molecular formula is C11H22. The second-order valence-electron chi connectivity index (χ2n) is 3.88. The molecule has 11 heavy (non-hydrogen) atoms. The summed E-state index contributed by atoms with van der Waals surface area (Å²) in [5.41, 5.74) is 0. The summed E-state index contributed by atoms with van der Waals surface area (Å²) in [5, 5.41) is 0. The standard InChI is InChI=1S/C11H22/c1-5-6-7-8-11(4)9-10(2)3/h5-6,10-11H,7-9H2,1-4H3. The zero-order valence-corrected chi connectivity index (χ0v) is 8.43. The molecule has 0 aliphatic rings. The first-order valence-electron chi connectivity index (χ1n) is 4.78.